The summed E-state index contributed by atoms with van der Waals surface area (Å²) in [4.78, 5) is 18.7. The van der Waals surface area contributed by atoms with Crippen molar-refractivity contribution in [1.29, 1.82) is 0 Å². The molecule has 2 rings (SSSR count). The summed E-state index contributed by atoms with van der Waals surface area (Å²) in [5, 5.41) is 6.18. The van der Waals surface area contributed by atoms with Crippen LogP contribution in [-0.4, -0.2) is 49.1 Å². The minimum Gasteiger partial charge on any atom is -0.491 e. The van der Waals surface area contributed by atoms with Crippen molar-refractivity contribution < 1.29 is 9.53 Å². The molecule has 0 bridgehead atoms. The molecular formula is C20H28N4O2. The molecular weight excluding hydrogens is 328 g/mol. The van der Waals surface area contributed by atoms with Crippen LogP contribution in [0.5, 0.6) is 5.75 Å². The fraction of sp³-hybridized carbons (Fsp3) is 0.400. The van der Waals surface area contributed by atoms with Crippen molar-refractivity contribution in [3.63, 3.8) is 0 Å². The van der Waals surface area contributed by atoms with E-state index in [2.05, 4.69) is 20.5 Å². The number of ether oxygens (including phenoxy) is 1. The van der Waals surface area contributed by atoms with Crippen molar-refractivity contribution in [3.8, 4) is 5.75 Å². The van der Waals surface area contributed by atoms with Gasteiger partial charge in [-0.25, -0.2) is 0 Å². The van der Waals surface area contributed by atoms with E-state index in [1.807, 2.05) is 58.3 Å². The predicted octanol–water partition coefficient (Wildman–Crippen LogP) is 3.48. The Balaban J connectivity index is 1.91. The molecule has 1 amide bonds. The summed E-state index contributed by atoms with van der Waals surface area (Å²) < 4.78 is 5.60. The van der Waals surface area contributed by atoms with E-state index in [0.717, 1.165) is 36.6 Å². The smallest absolute Gasteiger partial charge is 0.257 e. The highest BCUT2D eigenvalue weighted by Crippen LogP contribution is 2.18. The lowest BCUT2D eigenvalue weighted by molar-refractivity contribution is 0.102. The van der Waals surface area contributed by atoms with E-state index in [-0.39, 0.29) is 12.0 Å². The van der Waals surface area contributed by atoms with Crippen LogP contribution >= 0.6 is 0 Å². The molecule has 0 saturated heterocycles. The Morgan fingerprint density at radius 2 is 1.88 bits per heavy atom. The lowest BCUT2D eigenvalue weighted by Gasteiger charge is -2.12. The second kappa shape index (κ2) is 9.77. The molecule has 26 heavy (non-hydrogen) atoms. The largest absolute Gasteiger partial charge is 0.491 e. The van der Waals surface area contributed by atoms with Gasteiger partial charge in [-0.2, -0.15) is 0 Å². The molecule has 0 atom stereocenters. The standard InChI is InChI=1S/C20H28N4O2/c1-15(2)26-19-8-6-17(7-9-19)23-20(25)16-12-18(14-21-13-16)22-10-5-11-24(3)4/h6-9,12-15,22H,5,10-11H2,1-4H3,(H,23,25). The molecule has 2 N–H and O–H groups in total. The molecule has 1 heterocycles. The van der Waals surface area contributed by atoms with Crippen LogP contribution in [0.3, 0.4) is 0 Å². The average Bonchev–Trinajstić information content (AvgIpc) is 2.60. The molecule has 0 fully saturated rings. The number of rotatable bonds is 9. The topological polar surface area (TPSA) is 66.5 Å². The number of nitrogens with one attached hydrogen (secondary N) is 2. The zero-order valence-electron chi connectivity index (χ0n) is 16.0. The van der Waals surface area contributed by atoms with E-state index in [9.17, 15) is 4.79 Å². The summed E-state index contributed by atoms with van der Waals surface area (Å²) in [6.07, 6.45) is 4.43. The Hall–Kier alpha value is -2.60. The number of hydrogen-bond acceptors (Lipinski definition) is 5. The number of anilines is 2. The Kier molecular flexibility index (Phi) is 7.41. The molecule has 0 spiro atoms. The quantitative estimate of drug-likeness (QED) is 0.673. The van der Waals surface area contributed by atoms with Crippen LogP contribution in [0.4, 0.5) is 11.4 Å². The second-order valence-electron chi connectivity index (χ2n) is 6.69. The molecule has 0 saturated carbocycles. The van der Waals surface area contributed by atoms with Gasteiger partial charge in [-0.05, 0) is 71.2 Å². The molecule has 2 aromatic rings. The molecule has 6 heteroatoms. The van der Waals surface area contributed by atoms with Gasteiger partial charge in [0.2, 0.25) is 0 Å². The first kappa shape index (κ1) is 19.7. The van der Waals surface area contributed by atoms with E-state index in [0.29, 0.717) is 5.56 Å². The van der Waals surface area contributed by atoms with Gasteiger partial charge in [0.05, 0.1) is 17.4 Å². The molecule has 0 unspecified atom stereocenters. The van der Waals surface area contributed by atoms with Crippen molar-refractivity contribution in [2.24, 2.45) is 0 Å². The Labute approximate surface area is 155 Å². The van der Waals surface area contributed by atoms with Gasteiger partial charge < -0.3 is 20.3 Å². The highest BCUT2D eigenvalue weighted by atomic mass is 16.5. The van der Waals surface area contributed by atoms with Gasteiger partial charge in [-0.3, -0.25) is 9.78 Å². The van der Waals surface area contributed by atoms with Gasteiger partial charge in [0, 0.05) is 24.6 Å². The third-order valence-electron chi connectivity index (χ3n) is 3.60. The van der Waals surface area contributed by atoms with Crippen LogP contribution in [-0.2, 0) is 0 Å². The van der Waals surface area contributed by atoms with E-state index in [1.54, 1.807) is 12.4 Å². The maximum absolute atomic E-state index is 12.4. The number of benzene rings is 1. The zero-order valence-corrected chi connectivity index (χ0v) is 16.0. The summed E-state index contributed by atoms with van der Waals surface area (Å²) >= 11 is 0. The first-order valence-corrected chi connectivity index (χ1v) is 8.86. The molecule has 1 aromatic heterocycles. The minimum absolute atomic E-state index is 0.120. The van der Waals surface area contributed by atoms with Crippen LogP contribution in [0.2, 0.25) is 0 Å². The average molecular weight is 356 g/mol. The first-order valence-electron chi connectivity index (χ1n) is 8.86. The van der Waals surface area contributed by atoms with E-state index in [4.69, 9.17) is 4.74 Å². The summed E-state index contributed by atoms with van der Waals surface area (Å²) in [5.74, 6) is 0.593. The monoisotopic (exact) mass is 356 g/mol. The van der Waals surface area contributed by atoms with E-state index < -0.39 is 0 Å². The van der Waals surface area contributed by atoms with Crippen molar-refractivity contribution in [3.05, 3.63) is 48.3 Å². The van der Waals surface area contributed by atoms with Gasteiger partial charge in [-0.1, -0.05) is 0 Å². The Bertz CT molecular complexity index is 699. The Morgan fingerprint density at radius 3 is 2.54 bits per heavy atom. The van der Waals surface area contributed by atoms with Crippen LogP contribution < -0.4 is 15.4 Å². The summed E-state index contributed by atoms with van der Waals surface area (Å²) in [5.41, 5.74) is 2.08. The Morgan fingerprint density at radius 1 is 1.15 bits per heavy atom. The van der Waals surface area contributed by atoms with Gasteiger partial charge in [0.15, 0.2) is 0 Å². The molecule has 0 radical (unpaired) electrons. The minimum atomic E-state index is -0.188. The third-order valence-corrected chi connectivity index (χ3v) is 3.60. The number of hydrogen-bond donors (Lipinski definition) is 2. The molecule has 140 valence electrons. The van der Waals surface area contributed by atoms with Crippen LogP contribution in [0.1, 0.15) is 30.6 Å². The number of carbonyl (C=O) groups is 1. The summed E-state index contributed by atoms with van der Waals surface area (Å²) in [7, 11) is 4.10. The van der Waals surface area contributed by atoms with Gasteiger partial charge in [-0.15, -0.1) is 0 Å². The fourth-order valence-electron chi connectivity index (χ4n) is 2.38. The van der Waals surface area contributed by atoms with Crippen molar-refractivity contribution in [2.45, 2.75) is 26.4 Å². The van der Waals surface area contributed by atoms with Gasteiger partial charge in [0.25, 0.3) is 5.91 Å². The maximum atomic E-state index is 12.4. The third kappa shape index (κ3) is 6.72. The van der Waals surface area contributed by atoms with Crippen LogP contribution in [0.25, 0.3) is 0 Å². The predicted molar refractivity (Wildman–Crippen MR) is 106 cm³/mol. The highest BCUT2D eigenvalue weighted by Gasteiger charge is 2.08. The van der Waals surface area contributed by atoms with Crippen molar-refractivity contribution in [2.75, 3.05) is 37.8 Å². The lowest BCUT2D eigenvalue weighted by Crippen LogP contribution is -2.17. The molecule has 1 aromatic carbocycles. The number of aromatic nitrogens is 1. The zero-order chi connectivity index (χ0) is 18.9. The normalized spacial score (nSPS) is 10.8. The van der Waals surface area contributed by atoms with Gasteiger partial charge in [0.1, 0.15) is 5.75 Å². The summed E-state index contributed by atoms with van der Waals surface area (Å²) in [6.45, 7) is 5.80. The number of nitrogens with zero attached hydrogens (tertiary/aromatic N) is 2. The second-order valence-corrected chi connectivity index (χ2v) is 6.69. The lowest BCUT2D eigenvalue weighted by atomic mass is 10.2. The fourth-order valence-corrected chi connectivity index (χ4v) is 2.38. The van der Waals surface area contributed by atoms with Crippen LogP contribution in [0.15, 0.2) is 42.7 Å². The molecule has 6 nitrogen and oxygen atoms in total. The molecule has 0 aliphatic rings. The van der Waals surface area contributed by atoms with Crippen molar-refractivity contribution >= 4 is 17.3 Å². The highest BCUT2D eigenvalue weighted by molar-refractivity contribution is 6.04. The van der Waals surface area contributed by atoms with Crippen molar-refractivity contribution in [1.82, 2.24) is 9.88 Å². The number of carbonyl (C=O) groups excluding carboxylic acids is 1. The molecule has 0 aliphatic carbocycles. The maximum Gasteiger partial charge on any atom is 0.257 e. The van der Waals surface area contributed by atoms with E-state index in [1.165, 1.54) is 0 Å². The van der Waals surface area contributed by atoms with Crippen LogP contribution in [0, 0.1) is 0 Å². The SMILES string of the molecule is CC(C)Oc1ccc(NC(=O)c2cncc(NCCCN(C)C)c2)cc1. The number of pyridine rings is 1. The van der Waals surface area contributed by atoms with Gasteiger partial charge >= 0.3 is 0 Å². The molecule has 0 aliphatic heterocycles. The number of amides is 1. The first-order chi connectivity index (χ1) is 12.4. The summed E-state index contributed by atoms with van der Waals surface area (Å²) in [6, 6.07) is 9.15. The van der Waals surface area contributed by atoms with E-state index >= 15 is 0 Å².